The smallest absolute Gasteiger partial charge is 0.368 e. The van der Waals surface area contributed by atoms with Crippen molar-refractivity contribution < 1.29 is 24.1 Å². The summed E-state index contributed by atoms with van der Waals surface area (Å²) in [6.45, 7) is 0. The Balaban J connectivity index is 0.000000158. The molecule has 3 aromatic heterocycles. The van der Waals surface area contributed by atoms with Crippen molar-refractivity contribution in [1.82, 2.24) is 39.7 Å². The van der Waals surface area contributed by atoms with Crippen molar-refractivity contribution in [2.24, 2.45) is 7.05 Å². The molecule has 1 unspecified atom stereocenters. The lowest BCUT2D eigenvalue weighted by atomic mass is 10.0. The van der Waals surface area contributed by atoms with Crippen molar-refractivity contribution in [3.8, 4) is 0 Å². The van der Waals surface area contributed by atoms with E-state index in [0.717, 1.165) is 16.7 Å². The number of benzene rings is 1. The van der Waals surface area contributed by atoms with Crippen LogP contribution in [0.15, 0.2) is 47.0 Å². The van der Waals surface area contributed by atoms with Gasteiger partial charge in [0, 0.05) is 13.5 Å². The van der Waals surface area contributed by atoms with Crippen LogP contribution in [0.3, 0.4) is 0 Å². The Kier molecular flexibility index (Phi) is 6.48. The predicted octanol–water partition coefficient (Wildman–Crippen LogP) is 0.816. The third kappa shape index (κ3) is 4.65. The van der Waals surface area contributed by atoms with E-state index in [1.165, 1.54) is 12.7 Å². The lowest BCUT2D eigenvalue weighted by Crippen LogP contribution is -2.54. The number of carbonyl (C=O) groups is 4. The van der Waals surface area contributed by atoms with E-state index in [-0.39, 0.29) is 30.5 Å². The van der Waals surface area contributed by atoms with Gasteiger partial charge in [-0.25, -0.2) is 9.97 Å². The second-order valence-corrected chi connectivity index (χ2v) is 9.30. The van der Waals surface area contributed by atoms with Crippen LogP contribution in [0.4, 0.5) is 11.8 Å². The van der Waals surface area contributed by atoms with Crippen molar-refractivity contribution >= 4 is 58.3 Å². The molecule has 5 heterocycles. The average molecular weight is 551 g/mol. The topological polar surface area (TPSA) is 225 Å². The molecule has 198 valence electrons. The number of hydrogen-bond acceptors (Lipinski definition) is 12. The number of piperidine rings is 1. The minimum absolute atomic E-state index is 0.0640. The van der Waals surface area contributed by atoms with E-state index in [4.69, 9.17) is 5.73 Å². The molecule has 17 heteroatoms. The Morgan fingerprint density at radius 2 is 1.79 bits per heavy atom. The lowest BCUT2D eigenvalue weighted by Gasteiger charge is -2.27. The van der Waals surface area contributed by atoms with E-state index in [1.54, 1.807) is 35.9 Å². The summed E-state index contributed by atoms with van der Waals surface area (Å²) in [4.78, 5) is 77.3. The average Bonchev–Trinajstić information content (AvgIpc) is 3.58. The minimum atomic E-state index is -0.898. The summed E-state index contributed by atoms with van der Waals surface area (Å²) in [6, 6.07) is 5.55. The van der Waals surface area contributed by atoms with Crippen LogP contribution in [0.1, 0.15) is 33.6 Å². The molecule has 4 aromatic rings. The molecule has 4 N–H and O–H groups in total. The maximum absolute atomic E-state index is 12.2. The van der Waals surface area contributed by atoms with E-state index in [2.05, 4.69) is 30.2 Å². The summed E-state index contributed by atoms with van der Waals surface area (Å²) < 4.78 is 1.54. The number of nitrogens with two attached hydrogens (primary N) is 1. The minimum Gasteiger partial charge on any atom is -0.368 e. The van der Waals surface area contributed by atoms with Gasteiger partial charge in [-0.3, -0.25) is 29.4 Å². The summed E-state index contributed by atoms with van der Waals surface area (Å²) in [6.07, 6.45) is 3.13. The van der Waals surface area contributed by atoms with Gasteiger partial charge in [0.15, 0.2) is 10.7 Å². The fraction of sp³-hybridized carbons (Fsp3) is 0.182. The third-order valence-corrected chi connectivity index (χ3v) is 6.98. The highest BCUT2D eigenvalue weighted by molar-refractivity contribution is 7.99. The molecule has 2 aliphatic rings. The number of aromatic nitrogens is 6. The van der Waals surface area contributed by atoms with Crippen molar-refractivity contribution in [3.63, 3.8) is 0 Å². The summed E-state index contributed by atoms with van der Waals surface area (Å²) in [7, 11) is 1.66. The van der Waals surface area contributed by atoms with E-state index in [1.807, 2.05) is 0 Å². The predicted molar refractivity (Wildman–Crippen MR) is 133 cm³/mol. The molecular weight excluding hydrogens is 532 g/mol. The largest absolute Gasteiger partial charge is 0.396 e. The summed E-state index contributed by atoms with van der Waals surface area (Å²) >= 11 is 1.07. The Morgan fingerprint density at radius 1 is 1.10 bits per heavy atom. The second-order valence-electron chi connectivity index (χ2n) is 8.32. The summed E-state index contributed by atoms with van der Waals surface area (Å²) in [5.41, 5.74) is 7.19. The molecule has 0 radical (unpaired) electrons. The van der Waals surface area contributed by atoms with E-state index in [0.29, 0.717) is 32.3 Å². The van der Waals surface area contributed by atoms with Crippen LogP contribution < -0.4 is 11.1 Å². The van der Waals surface area contributed by atoms with Gasteiger partial charge in [0.05, 0.1) is 17.5 Å². The molecule has 0 aliphatic carbocycles. The zero-order chi connectivity index (χ0) is 27.8. The molecule has 6 rings (SSSR count). The van der Waals surface area contributed by atoms with Crippen molar-refractivity contribution in [1.29, 1.82) is 0 Å². The molecule has 0 bridgehead atoms. The van der Waals surface area contributed by atoms with Gasteiger partial charge < -0.3 is 25.4 Å². The molecule has 0 saturated carbocycles. The summed E-state index contributed by atoms with van der Waals surface area (Å²) in [5, 5.41) is 13.9. The first kappa shape index (κ1) is 25.5. The number of carbonyl (C=O) groups excluding carboxylic acids is 4. The molecule has 2 aliphatic heterocycles. The van der Waals surface area contributed by atoms with Gasteiger partial charge in [0.2, 0.25) is 24.1 Å². The number of rotatable bonds is 4. The number of aryl methyl sites for hydroxylation is 1. The van der Waals surface area contributed by atoms with Crippen LogP contribution >= 0.6 is 11.8 Å². The normalized spacial score (nSPS) is 16.6. The van der Waals surface area contributed by atoms with Crippen molar-refractivity contribution in [2.75, 3.05) is 5.73 Å². The standard InChI is InChI=1S/C13H10N2O4.C9H8N8O2S/c16-10-6-5-9(11(17)14-10)15-12(18)7-3-1-2-4-8(7)13(15)19;1-16-3-13-6(17(18)19)8(16)20-7-4-5(12-2-11-4)14-9(10)15-7/h1-4,9H,5-6H2,(H,14,16,17);2-3H,1H3,(H3,10,11,12,14,15). The van der Waals surface area contributed by atoms with Crippen LogP contribution in [-0.4, -0.2) is 69.0 Å². The van der Waals surface area contributed by atoms with E-state index >= 15 is 0 Å². The van der Waals surface area contributed by atoms with Crippen LogP contribution in [0.25, 0.3) is 11.2 Å². The number of hydrogen-bond donors (Lipinski definition) is 3. The van der Waals surface area contributed by atoms with Gasteiger partial charge in [-0.15, -0.1) is 0 Å². The molecule has 0 spiro atoms. The van der Waals surface area contributed by atoms with E-state index in [9.17, 15) is 29.3 Å². The molecule has 39 heavy (non-hydrogen) atoms. The Labute approximate surface area is 222 Å². The van der Waals surface area contributed by atoms with Gasteiger partial charge in [-0.05, 0) is 40.2 Å². The van der Waals surface area contributed by atoms with Crippen LogP contribution in [0, 0.1) is 10.1 Å². The number of anilines is 1. The highest BCUT2D eigenvalue weighted by Gasteiger charge is 2.44. The molecule has 1 saturated heterocycles. The highest BCUT2D eigenvalue weighted by Crippen LogP contribution is 2.35. The van der Waals surface area contributed by atoms with Crippen LogP contribution in [0.5, 0.6) is 0 Å². The number of nitrogens with one attached hydrogen (secondary N) is 2. The lowest BCUT2D eigenvalue weighted by molar-refractivity contribution is -0.392. The van der Waals surface area contributed by atoms with E-state index < -0.39 is 28.7 Å². The molecule has 1 aromatic carbocycles. The molecule has 16 nitrogen and oxygen atoms in total. The zero-order valence-electron chi connectivity index (χ0n) is 20.0. The third-order valence-electron chi connectivity index (χ3n) is 5.84. The number of nitrogens with zero attached hydrogens (tertiary/aromatic N) is 7. The van der Waals surface area contributed by atoms with Gasteiger partial charge >= 0.3 is 5.82 Å². The first-order chi connectivity index (χ1) is 18.7. The number of aromatic amines is 1. The quantitative estimate of drug-likeness (QED) is 0.139. The number of nitrogen functional groups attached to an aromatic ring is 1. The maximum atomic E-state index is 12.2. The molecular formula is C22H18N10O6S. The Morgan fingerprint density at radius 3 is 2.44 bits per heavy atom. The number of imide groups is 2. The zero-order valence-corrected chi connectivity index (χ0v) is 20.8. The molecule has 1 fully saturated rings. The van der Waals surface area contributed by atoms with Gasteiger partial charge in [0.1, 0.15) is 16.6 Å². The first-order valence-electron chi connectivity index (χ1n) is 11.3. The first-order valence-corrected chi connectivity index (χ1v) is 12.1. The Bertz CT molecular complexity index is 1650. The fourth-order valence-electron chi connectivity index (χ4n) is 4.06. The van der Waals surface area contributed by atoms with Gasteiger partial charge in [-0.1, -0.05) is 12.1 Å². The number of H-pyrrole nitrogens is 1. The fourth-order valence-corrected chi connectivity index (χ4v) is 5.04. The number of amides is 4. The van der Waals surface area contributed by atoms with Gasteiger partial charge in [-0.2, -0.15) is 4.98 Å². The number of nitro groups is 1. The van der Waals surface area contributed by atoms with Crippen LogP contribution in [-0.2, 0) is 16.6 Å². The number of imidazole rings is 2. The monoisotopic (exact) mass is 550 g/mol. The van der Waals surface area contributed by atoms with Crippen molar-refractivity contribution in [3.05, 3.63) is 58.2 Å². The molecule has 4 amide bonds. The molecule has 1 atom stereocenters. The number of fused-ring (bicyclic) bond motifs is 2. The van der Waals surface area contributed by atoms with Crippen molar-refractivity contribution in [2.45, 2.75) is 28.9 Å². The second kappa shape index (κ2) is 9.93. The SMILES string of the molecule is Cn1cnc([N+](=O)[O-])c1Sc1nc(N)nc2[nH]cnc12.O=C1CCC(N2C(=O)c3ccccc3C2=O)C(=O)N1. The maximum Gasteiger partial charge on any atom is 0.396 e. The Hall–Kier alpha value is -5.19. The van der Waals surface area contributed by atoms with Gasteiger partial charge in [0.25, 0.3) is 11.8 Å². The van der Waals surface area contributed by atoms with Crippen LogP contribution in [0.2, 0.25) is 0 Å². The highest BCUT2D eigenvalue weighted by atomic mass is 32.2. The summed E-state index contributed by atoms with van der Waals surface area (Å²) in [5.74, 6) is -2.10.